The summed E-state index contributed by atoms with van der Waals surface area (Å²) in [6.45, 7) is 5.12. The van der Waals surface area contributed by atoms with E-state index in [1.807, 2.05) is 23.9 Å². The van der Waals surface area contributed by atoms with Crippen molar-refractivity contribution in [2.75, 3.05) is 5.32 Å². The molecule has 0 saturated heterocycles. The van der Waals surface area contributed by atoms with Gasteiger partial charge in [-0.3, -0.25) is 4.68 Å². The molecule has 0 spiro atoms. The number of benzene rings is 1. The molecule has 1 atom stereocenters. The van der Waals surface area contributed by atoms with Crippen molar-refractivity contribution in [3.05, 3.63) is 59.5 Å². The summed E-state index contributed by atoms with van der Waals surface area (Å²) in [5.74, 6) is 0.703. The second-order valence-electron chi connectivity index (χ2n) is 7.01. The van der Waals surface area contributed by atoms with Gasteiger partial charge in [0.15, 0.2) is 0 Å². The fourth-order valence-corrected chi connectivity index (χ4v) is 3.69. The predicted octanol–water partition coefficient (Wildman–Crippen LogP) is 4.03. The second-order valence-corrected chi connectivity index (χ2v) is 7.01. The minimum atomic E-state index is 0.379. The summed E-state index contributed by atoms with van der Waals surface area (Å²) in [6, 6.07) is 11.0. The first-order chi connectivity index (χ1) is 12.7. The second kappa shape index (κ2) is 7.28. The Hall–Kier alpha value is -2.69. The topological polar surface area (TPSA) is 55.6 Å². The highest BCUT2D eigenvalue weighted by atomic mass is 15.3. The van der Waals surface area contributed by atoms with E-state index in [0.717, 1.165) is 49.2 Å². The molecule has 2 heterocycles. The Morgan fingerprint density at radius 1 is 1.19 bits per heavy atom. The van der Waals surface area contributed by atoms with Crippen molar-refractivity contribution in [1.29, 1.82) is 0 Å². The van der Waals surface area contributed by atoms with Crippen molar-refractivity contribution in [3.63, 3.8) is 0 Å². The van der Waals surface area contributed by atoms with E-state index in [-0.39, 0.29) is 0 Å². The normalized spacial score (nSPS) is 16.3. The zero-order valence-corrected chi connectivity index (χ0v) is 15.4. The molecule has 3 aromatic rings. The van der Waals surface area contributed by atoms with Gasteiger partial charge < -0.3 is 5.32 Å². The third-order valence-electron chi connectivity index (χ3n) is 5.01. The van der Waals surface area contributed by atoms with Gasteiger partial charge in [0.2, 0.25) is 5.95 Å². The molecule has 0 bridgehead atoms. The van der Waals surface area contributed by atoms with E-state index in [0.29, 0.717) is 12.0 Å². The van der Waals surface area contributed by atoms with Gasteiger partial charge in [0.25, 0.3) is 0 Å². The maximum absolute atomic E-state index is 4.75. The lowest BCUT2D eigenvalue weighted by Crippen LogP contribution is -2.28. The van der Waals surface area contributed by atoms with Crippen LogP contribution in [0.5, 0.6) is 0 Å². The Morgan fingerprint density at radius 3 is 2.88 bits per heavy atom. The van der Waals surface area contributed by atoms with Crippen LogP contribution in [0.15, 0.2) is 42.7 Å². The van der Waals surface area contributed by atoms with Crippen LogP contribution >= 0.6 is 0 Å². The molecule has 134 valence electrons. The molecule has 5 heteroatoms. The van der Waals surface area contributed by atoms with Gasteiger partial charge in [-0.25, -0.2) is 9.97 Å². The molecule has 4 rings (SSSR count). The summed E-state index contributed by atoms with van der Waals surface area (Å²) in [5.41, 5.74) is 5.93. The maximum atomic E-state index is 4.75. The van der Waals surface area contributed by atoms with Crippen molar-refractivity contribution in [3.8, 4) is 11.3 Å². The molecule has 0 fully saturated rings. The number of nitrogens with zero attached hydrogens (tertiary/aromatic N) is 4. The Balaban J connectivity index is 1.52. The number of nitrogens with one attached hydrogen (secondary N) is 1. The van der Waals surface area contributed by atoms with Crippen LogP contribution in [-0.2, 0) is 19.4 Å². The van der Waals surface area contributed by atoms with Crippen molar-refractivity contribution in [2.24, 2.45) is 0 Å². The van der Waals surface area contributed by atoms with Crippen molar-refractivity contribution in [2.45, 2.75) is 52.1 Å². The third-order valence-corrected chi connectivity index (χ3v) is 5.01. The van der Waals surface area contributed by atoms with Crippen LogP contribution in [0.3, 0.4) is 0 Å². The number of hydrogen-bond donors (Lipinski definition) is 1. The van der Waals surface area contributed by atoms with Gasteiger partial charge >= 0.3 is 0 Å². The van der Waals surface area contributed by atoms with E-state index in [9.17, 15) is 0 Å². The highest BCUT2D eigenvalue weighted by molar-refractivity contribution is 5.61. The molecule has 5 nitrogen and oxygen atoms in total. The molecule has 0 unspecified atom stereocenters. The fourth-order valence-electron chi connectivity index (χ4n) is 3.69. The van der Waals surface area contributed by atoms with E-state index in [4.69, 9.17) is 4.98 Å². The summed E-state index contributed by atoms with van der Waals surface area (Å²) in [7, 11) is 0. The largest absolute Gasteiger partial charge is 0.351 e. The average molecular weight is 347 g/mol. The molecule has 26 heavy (non-hydrogen) atoms. The van der Waals surface area contributed by atoms with Gasteiger partial charge in [-0.05, 0) is 49.8 Å². The Morgan fingerprint density at radius 2 is 2.04 bits per heavy atom. The van der Waals surface area contributed by atoms with Crippen LogP contribution in [0, 0.1) is 6.92 Å². The summed E-state index contributed by atoms with van der Waals surface area (Å²) in [4.78, 5) is 9.19. The lowest BCUT2D eigenvalue weighted by atomic mass is 9.88. The molecule has 0 radical (unpaired) electrons. The monoisotopic (exact) mass is 347 g/mol. The molecule has 1 N–H and O–H groups in total. The number of fused-ring (bicyclic) bond motifs is 1. The van der Waals surface area contributed by atoms with Gasteiger partial charge in [0.1, 0.15) is 0 Å². The number of aryl methyl sites for hydroxylation is 3. The Labute approximate surface area is 154 Å². The average Bonchev–Trinajstić information content (AvgIpc) is 3.02. The summed E-state index contributed by atoms with van der Waals surface area (Å²) >= 11 is 0. The standard InChI is InChI=1S/C21H25N5/c1-3-12-26-14-19(15(2)25-26)20-10-11-22-21(24-20)23-18-9-8-16-6-4-5-7-17(16)13-18/h4-7,10-11,14,18H,3,8-9,12-13H2,1-2H3,(H,22,23,24)/t18-/m0/s1. The third kappa shape index (κ3) is 3.47. The van der Waals surface area contributed by atoms with Gasteiger partial charge in [0.05, 0.1) is 11.4 Å². The first-order valence-electron chi connectivity index (χ1n) is 9.43. The Bertz CT molecular complexity index is 899. The van der Waals surface area contributed by atoms with Crippen LogP contribution in [0.4, 0.5) is 5.95 Å². The molecule has 1 aromatic carbocycles. The van der Waals surface area contributed by atoms with Crippen molar-refractivity contribution >= 4 is 5.95 Å². The fraction of sp³-hybridized carbons (Fsp3) is 0.381. The zero-order chi connectivity index (χ0) is 17.9. The van der Waals surface area contributed by atoms with E-state index in [1.165, 1.54) is 11.1 Å². The highest BCUT2D eigenvalue weighted by Crippen LogP contribution is 2.24. The lowest BCUT2D eigenvalue weighted by molar-refractivity contribution is 0.598. The minimum Gasteiger partial charge on any atom is -0.351 e. The molecule has 0 aliphatic heterocycles. The van der Waals surface area contributed by atoms with Crippen LogP contribution < -0.4 is 5.32 Å². The van der Waals surface area contributed by atoms with Crippen LogP contribution in [0.1, 0.15) is 36.6 Å². The first kappa shape index (κ1) is 16.8. The molecule has 0 amide bonds. The quantitative estimate of drug-likeness (QED) is 0.757. The van der Waals surface area contributed by atoms with Crippen LogP contribution in [0.25, 0.3) is 11.3 Å². The van der Waals surface area contributed by atoms with Gasteiger partial charge in [-0.1, -0.05) is 31.2 Å². The summed E-state index contributed by atoms with van der Waals surface area (Å²) in [5, 5.41) is 8.12. The van der Waals surface area contributed by atoms with E-state index < -0.39 is 0 Å². The van der Waals surface area contributed by atoms with Gasteiger partial charge in [0, 0.05) is 30.5 Å². The number of aromatic nitrogens is 4. The van der Waals surface area contributed by atoms with E-state index in [1.54, 1.807) is 0 Å². The summed E-state index contributed by atoms with van der Waals surface area (Å²) < 4.78 is 2.00. The predicted molar refractivity (Wildman–Crippen MR) is 104 cm³/mol. The van der Waals surface area contributed by atoms with Gasteiger partial charge in [-0.2, -0.15) is 5.10 Å². The Kier molecular flexibility index (Phi) is 4.69. The molecule has 0 saturated carbocycles. The highest BCUT2D eigenvalue weighted by Gasteiger charge is 2.19. The van der Waals surface area contributed by atoms with Crippen LogP contribution in [-0.4, -0.2) is 25.8 Å². The molecule has 1 aliphatic rings. The SMILES string of the molecule is CCCn1cc(-c2ccnc(N[C@H]3CCc4ccccc4C3)n2)c(C)n1. The van der Waals surface area contributed by atoms with Crippen LogP contribution in [0.2, 0.25) is 0 Å². The number of hydrogen-bond acceptors (Lipinski definition) is 4. The molecule has 2 aromatic heterocycles. The van der Waals surface area contributed by atoms with Crippen molar-refractivity contribution < 1.29 is 0 Å². The smallest absolute Gasteiger partial charge is 0.223 e. The number of anilines is 1. The molecular weight excluding hydrogens is 322 g/mol. The van der Waals surface area contributed by atoms with E-state index in [2.05, 4.69) is 52.8 Å². The number of rotatable bonds is 5. The summed E-state index contributed by atoms with van der Waals surface area (Å²) in [6.07, 6.45) is 8.23. The zero-order valence-electron chi connectivity index (χ0n) is 15.4. The molecular formula is C21H25N5. The van der Waals surface area contributed by atoms with E-state index >= 15 is 0 Å². The molecule has 1 aliphatic carbocycles. The lowest BCUT2D eigenvalue weighted by Gasteiger charge is -2.25. The first-order valence-corrected chi connectivity index (χ1v) is 9.43. The van der Waals surface area contributed by atoms with Crippen molar-refractivity contribution in [1.82, 2.24) is 19.7 Å². The minimum absolute atomic E-state index is 0.379. The van der Waals surface area contributed by atoms with Gasteiger partial charge in [-0.15, -0.1) is 0 Å². The maximum Gasteiger partial charge on any atom is 0.223 e.